The smallest absolute Gasteiger partial charge is 0.332 e. The molecule has 0 saturated carbocycles. The maximum Gasteiger partial charge on any atom is 0.417 e. The van der Waals surface area contributed by atoms with E-state index in [0.29, 0.717) is 6.20 Å². The number of carbonyl (C=O) groups excluding carboxylic acids is 1. The third-order valence-electron chi connectivity index (χ3n) is 2.39. The van der Waals surface area contributed by atoms with Gasteiger partial charge in [-0.05, 0) is 6.07 Å². The Bertz CT molecular complexity index is 613. The van der Waals surface area contributed by atoms with E-state index >= 15 is 0 Å². The molecule has 0 bridgehead atoms. The lowest BCUT2D eigenvalue weighted by Crippen LogP contribution is -2.27. The summed E-state index contributed by atoms with van der Waals surface area (Å²) in [6.45, 7) is -0.0893. The van der Waals surface area contributed by atoms with Crippen molar-refractivity contribution in [2.24, 2.45) is 0 Å². The minimum atomic E-state index is -4.50. The van der Waals surface area contributed by atoms with E-state index in [1.807, 2.05) is 0 Å². The van der Waals surface area contributed by atoms with Crippen LogP contribution in [0.3, 0.4) is 0 Å². The zero-order valence-electron chi connectivity index (χ0n) is 9.86. The van der Waals surface area contributed by atoms with Crippen LogP contribution in [0.2, 0.25) is 5.02 Å². The van der Waals surface area contributed by atoms with Crippen LogP contribution >= 0.6 is 11.6 Å². The van der Waals surface area contributed by atoms with E-state index in [-0.39, 0.29) is 17.3 Å². The van der Waals surface area contributed by atoms with Gasteiger partial charge in [-0.25, -0.2) is 9.78 Å². The summed E-state index contributed by atoms with van der Waals surface area (Å²) < 4.78 is 38.4. The largest absolute Gasteiger partial charge is 0.417 e. The molecule has 106 valence electrons. The Morgan fingerprint density at radius 1 is 1.45 bits per heavy atom. The Morgan fingerprint density at radius 2 is 2.20 bits per heavy atom. The van der Waals surface area contributed by atoms with Crippen LogP contribution in [0.25, 0.3) is 0 Å². The van der Waals surface area contributed by atoms with Gasteiger partial charge in [0.15, 0.2) is 0 Å². The highest BCUT2D eigenvalue weighted by molar-refractivity contribution is 6.31. The van der Waals surface area contributed by atoms with Gasteiger partial charge in [-0.3, -0.25) is 9.55 Å². The molecule has 20 heavy (non-hydrogen) atoms. The minimum absolute atomic E-state index is 0.0893. The standard InChI is InChI=1S/C11H8ClF3N4O/c12-8-3-7(11(13,14)15)4-17-9(8)5-18-10(20)19-2-1-16-6-19/h1-4,6H,5H2,(H,18,20). The van der Waals surface area contributed by atoms with Crippen molar-refractivity contribution in [1.82, 2.24) is 19.9 Å². The van der Waals surface area contributed by atoms with Crippen LogP contribution in [-0.4, -0.2) is 20.6 Å². The molecule has 0 atom stereocenters. The fourth-order valence-electron chi connectivity index (χ4n) is 1.38. The first-order valence-corrected chi connectivity index (χ1v) is 5.73. The summed E-state index contributed by atoms with van der Waals surface area (Å²) in [5.74, 6) is 0. The van der Waals surface area contributed by atoms with Gasteiger partial charge in [-0.1, -0.05) is 11.6 Å². The number of aromatic nitrogens is 3. The van der Waals surface area contributed by atoms with E-state index in [2.05, 4.69) is 15.3 Å². The summed E-state index contributed by atoms with van der Waals surface area (Å²) >= 11 is 5.71. The summed E-state index contributed by atoms with van der Waals surface area (Å²) in [4.78, 5) is 18.9. The summed E-state index contributed by atoms with van der Waals surface area (Å²) in [6, 6.07) is 0.285. The van der Waals surface area contributed by atoms with Crippen molar-refractivity contribution >= 4 is 17.6 Å². The molecule has 0 unspecified atom stereocenters. The number of carbonyl (C=O) groups is 1. The van der Waals surface area contributed by atoms with Crippen molar-refractivity contribution in [3.05, 3.63) is 47.3 Å². The number of nitrogens with one attached hydrogen (secondary N) is 1. The Balaban J connectivity index is 2.06. The monoisotopic (exact) mass is 304 g/mol. The van der Waals surface area contributed by atoms with Crippen LogP contribution in [-0.2, 0) is 12.7 Å². The first-order valence-electron chi connectivity index (χ1n) is 5.35. The highest BCUT2D eigenvalue weighted by atomic mass is 35.5. The van der Waals surface area contributed by atoms with Crippen molar-refractivity contribution < 1.29 is 18.0 Å². The van der Waals surface area contributed by atoms with Gasteiger partial charge in [-0.15, -0.1) is 0 Å². The highest BCUT2D eigenvalue weighted by Gasteiger charge is 2.31. The van der Waals surface area contributed by atoms with Gasteiger partial charge in [0, 0.05) is 18.6 Å². The number of pyridine rings is 1. The van der Waals surface area contributed by atoms with E-state index in [1.54, 1.807) is 0 Å². The Hall–Kier alpha value is -2.09. The van der Waals surface area contributed by atoms with Crippen molar-refractivity contribution in [3.63, 3.8) is 0 Å². The number of hydrogen-bond acceptors (Lipinski definition) is 3. The van der Waals surface area contributed by atoms with E-state index in [1.165, 1.54) is 23.3 Å². The average Bonchev–Trinajstić information content (AvgIpc) is 2.89. The predicted molar refractivity (Wildman–Crippen MR) is 64.1 cm³/mol. The van der Waals surface area contributed by atoms with Crippen LogP contribution in [0.1, 0.15) is 11.3 Å². The van der Waals surface area contributed by atoms with Crippen LogP contribution in [0.4, 0.5) is 18.0 Å². The van der Waals surface area contributed by atoms with E-state index in [9.17, 15) is 18.0 Å². The van der Waals surface area contributed by atoms with Crippen molar-refractivity contribution in [1.29, 1.82) is 0 Å². The summed E-state index contributed by atoms with van der Waals surface area (Å²) in [5, 5.41) is 2.29. The molecule has 1 amide bonds. The van der Waals surface area contributed by atoms with Crippen molar-refractivity contribution in [2.45, 2.75) is 12.7 Å². The molecule has 0 aliphatic heterocycles. The molecule has 9 heteroatoms. The van der Waals surface area contributed by atoms with E-state index < -0.39 is 17.8 Å². The second-order valence-corrected chi connectivity index (χ2v) is 4.19. The topological polar surface area (TPSA) is 59.8 Å². The molecular formula is C11H8ClF3N4O. The molecule has 0 fully saturated rings. The molecular weight excluding hydrogens is 297 g/mol. The molecule has 2 aromatic rings. The molecule has 0 saturated heterocycles. The molecule has 1 N–H and O–H groups in total. The van der Waals surface area contributed by atoms with Crippen LogP contribution in [0.5, 0.6) is 0 Å². The second-order valence-electron chi connectivity index (χ2n) is 3.78. The molecule has 0 spiro atoms. The number of alkyl halides is 3. The molecule has 2 rings (SSSR count). The number of amides is 1. The first-order chi connectivity index (χ1) is 9.38. The Labute approximate surface area is 116 Å². The molecule has 0 aromatic carbocycles. The lowest BCUT2D eigenvalue weighted by atomic mass is 10.2. The van der Waals surface area contributed by atoms with Crippen molar-refractivity contribution in [2.75, 3.05) is 0 Å². The molecule has 0 aliphatic rings. The van der Waals surface area contributed by atoms with Gasteiger partial charge in [-0.2, -0.15) is 13.2 Å². The fourth-order valence-corrected chi connectivity index (χ4v) is 1.61. The van der Waals surface area contributed by atoms with Gasteiger partial charge in [0.2, 0.25) is 0 Å². The van der Waals surface area contributed by atoms with E-state index in [4.69, 9.17) is 11.6 Å². The molecule has 0 radical (unpaired) electrons. The zero-order chi connectivity index (χ0) is 14.8. The van der Waals surface area contributed by atoms with Gasteiger partial charge in [0.25, 0.3) is 0 Å². The van der Waals surface area contributed by atoms with E-state index in [0.717, 1.165) is 6.07 Å². The summed E-state index contributed by atoms with van der Waals surface area (Å²) in [7, 11) is 0. The number of rotatable bonds is 2. The fraction of sp³-hybridized carbons (Fsp3) is 0.182. The number of nitrogens with zero attached hydrogens (tertiary/aromatic N) is 3. The van der Waals surface area contributed by atoms with Gasteiger partial charge in [0.1, 0.15) is 6.33 Å². The normalized spacial score (nSPS) is 11.4. The van der Waals surface area contributed by atoms with Gasteiger partial charge >= 0.3 is 12.2 Å². The lowest BCUT2D eigenvalue weighted by molar-refractivity contribution is -0.137. The molecule has 2 heterocycles. The molecule has 5 nitrogen and oxygen atoms in total. The predicted octanol–water partition coefficient (Wildman–Crippen LogP) is 2.71. The third-order valence-corrected chi connectivity index (χ3v) is 2.72. The Morgan fingerprint density at radius 3 is 2.75 bits per heavy atom. The van der Waals surface area contributed by atoms with Crippen LogP contribution in [0, 0.1) is 0 Å². The van der Waals surface area contributed by atoms with Crippen molar-refractivity contribution in [3.8, 4) is 0 Å². The number of hydrogen-bond donors (Lipinski definition) is 1. The zero-order valence-corrected chi connectivity index (χ0v) is 10.6. The summed E-state index contributed by atoms with van der Waals surface area (Å²) in [5.41, 5.74) is -0.791. The maximum atomic E-state index is 12.4. The average molecular weight is 305 g/mol. The molecule has 2 aromatic heterocycles. The van der Waals surface area contributed by atoms with Crippen LogP contribution in [0.15, 0.2) is 31.0 Å². The second kappa shape index (κ2) is 5.49. The van der Waals surface area contributed by atoms with Gasteiger partial charge in [0.05, 0.1) is 22.8 Å². The van der Waals surface area contributed by atoms with Crippen LogP contribution < -0.4 is 5.32 Å². The molecule has 0 aliphatic carbocycles. The maximum absolute atomic E-state index is 12.4. The summed E-state index contributed by atoms with van der Waals surface area (Å²) in [6.07, 6.45) is 0.303. The number of halogens is 4. The third kappa shape index (κ3) is 3.27. The quantitative estimate of drug-likeness (QED) is 0.928. The highest BCUT2D eigenvalue weighted by Crippen LogP contribution is 2.30. The lowest BCUT2D eigenvalue weighted by Gasteiger charge is -2.10. The first kappa shape index (κ1) is 14.3. The SMILES string of the molecule is O=C(NCc1ncc(C(F)(F)F)cc1Cl)n1ccnc1. The Kier molecular flexibility index (Phi) is 3.93. The number of imidazole rings is 1. The van der Waals surface area contributed by atoms with Gasteiger partial charge < -0.3 is 5.32 Å². The minimum Gasteiger partial charge on any atom is -0.332 e.